The molecule has 2 aromatic rings. The van der Waals surface area contributed by atoms with Crippen LogP contribution in [0, 0.1) is 5.92 Å². The zero-order valence-electron chi connectivity index (χ0n) is 19.7. The molecule has 0 radical (unpaired) electrons. The van der Waals surface area contributed by atoms with Crippen LogP contribution in [0.25, 0.3) is 0 Å². The number of ether oxygens (including phenoxy) is 1. The molecule has 1 spiro atoms. The van der Waals surface area contributed by atoms with Gasteiger partial charge in [-0.1, -0.05) is 18.9 Å². The fourth-order valence-corrected chi connectivity index (χ4v) is 5.40. The Morgan fingerprint density at radius 3 is 2.89 bits per heavy atom. The highest BCUT2D eigenvalue weighted by Crippen LogP contribution is 2.44. The predicted molar refractivity (Wildman–Crippen MR) is 122 cm³/mol. The molecule has 1 aliphatic heterocycles. The number of carbonyl (C=O) groups is 1. The number of hydrogen-bond donors (Lipinski definition) is 3. The number of amides is 1. The second-order valence-corrected chi connectivity index (χ2v) is 9.95. The molecule has 1 aromatic heterocycles. The van der Waals surface area contributed by atoms with E-state index in [1.54, 1.807) is 17.8 Å². The van der Waals surface area contributed by atoms with Crippen LogP contribution in [0.2, 0.25) is 0 Å². The Labute approximate surface area is 202 Å². The minimum absolute atomic E-state index is 0.00159. The van der Waals surface area contributed by atoms with Crippen molar-refractivity contribution in [3.8, 4) is 5.75 Å². The van der Waals surface area contributed by atoms with E-state index in [1.165, 1.54) is 12.8 Å². The molecule has 7 nitrogen and oxygen atoms in total. The maximum atomic E-state index is 13.4. The number of nitrogens with zero attached hydrogens (tertiary/aromatic N) is 2. The van der Waals surface area contributed by atoms with Gasteiger partial charge in [0.2, 0.25) is 0 Å². The Balaban J connectivity index is 1.36. The molecule has 10 heteroatoms. The van der Waals surface area contributed by atoms with Crippen molar-refractivity contribution >= 4 is 5.91 Å². The van der Waals surface area contributed by atoms with Gasteiger partial charge >= 0.3 is 6.18 Å². The molecule has 35 heavy (non-hydrogen) atoms. The van der Waals surface area contributed by atoms with Gasteiger partial charge in [0, 0.05) is 19.4 Å². The van der Waals surface area contributed by atoms with Crippen LogP contribution in [0.4, 0.5) is 13.2 Å². The lowest BCUT2D eigenvalue weighted by Crippen LogP contribution is -2.50. The van der Waals surface area contributed by atoms with Crippen molar-refractivity contribution < 1.29 is 27.8 Å². The zero-order valence-corrected chi connectivity index (χ0v) is 19.7. The molecule has 3 N–H and O–H groups in total. The maximum Gasteiger partial charge on any atom is 0.389 e. The minimum Gasteiger partial charge on any atom is -0.494 e. The van der Waals surface area contributed by atoms with Crippen LogP contribution in [0.3, 0.4) is 0 Å². The van der Waals surface area contributed by atoms with Crippen LogP contribution >= 0.6 is 0 Å². The van der Waals surface area contributed by atoms with E-state index in [2.05, 4.69) is 10.6 Å². The molecule has 2 heterocycles. The van der Waals surface area contributed by atoms with Gasteiger partial charge in [-0.25, -0.2) is 0 Å². The number of carbonyl (C=O) groups excluding carboxylic acids is 1. The van der Waals surface area contributed by atoms with E-state index in [4.69, 9.17) is 9.84 Å². The third-order valence-corrected chi connectivity index (χ3v) is 7.38. The van der Waals surface area contributed by atoms with E-state index >= 15 is 0 Å². The molecular weight excluding hydrogens is 461 g/mol. The highest BCUT2D eigenvalue weighted by molar-refractivity contribution is 5.98. The van der Waals surface area contributed by atoms with E-state index in [0.29, 0.717) is 48.0 Å². The molecule has 5 rings (SSSR count). The molecule has 1 saturated carbocycles. The summed E-state index contributed by atoms with van der Waals surface area (Å²) in [6, 6.07) is 5.52. The van der Waals surface area contributed by atoms with Crippen LogP contribution in [0.5, 0.6) is 5.75 Å². The van der Waals surface area contributed by atoms with Crippen molar-refractivity contribution in [2.45, 2.75) is 75.9 Å². The summed E-state index contributed by atoms with van der Waals surface area (Å²) in [7, 11) is 1.65. The quantitative estimate of drug-likeness (QED) is 0.367. The highest BCUT2D eigenvalue weighted by Gasteiger charge is 2.47. The Hall–Kier alpha value is -2.59. The van der Waals surface area contributed by atoms with E-state index in [1.807, 2.05) is 12.1 Å². The first kappa shape index (κ1) is 24.1. The monoisotopic (exact) mass is 492 g/mol. The van der Waals surface area contributed by atoms with Crippen molar-refractivity contribution in [3.63, 3.8) is 0 Å². The topological polar surface area (TPSA) is 88.4 Å². The summed E-state index contributed by atoms with van der Waals surface area (Å²) in [6.45, 7) is 0.663. The van der Waals surface area contributed by atoms with E-state index in [0.717, 1.165) is 24.0 Å². The van der Waals surface area contributed by atoms with Crippen LogP contribution in [0.1, 0.15) is 77.6 Å². The smallest absolute Gasteiger partial charge is 0.389 e. The fourth-order valence-electron chi connectivity index (χ4n) is 5.40. The number of benzene rings is 1. The Morgan fingerprint density at radius 2 is 2.17 bits per heavy atom. The SMILES string of the molecule is CNC(O)c1c2c(nn1CCC1CC1)C[C@]1(CCc3cc(OCCCC(F)(F)F)ccc31)NC2=O. The second-order valence-electron chi connectivity index (χ2n) is 9.95. The molecule has 1 amide bonds. The number of fused-ring (bicyclic) bond motifs is 3. The van der Waals surface area contributed by atoms with Gasteiger partial charge in [0.15, 0.2) is 0 Å². The minimum atomic E-state index is -4.18. The molecule has 1 unspecified atom stereocenters. The van der Waals surface area contributed by atoms with Crippen molar-refractivity contribution in [1.82, 2.24) is 20.4 Å². The first-order valence-electron chi connectivity index (χ1n) is 12.3. The summed E-state index contributed by atoms with van der Waals surface area (Å²) in [5, 5.41) is 21.4. The Kier molecular flexibility index (Phi) is 6.29. The number of nitrogens with one attached hydrogen (secondary N) is 2. The Morgan fingerprint density at radius 1 is 1.37 bits per heavy atom. The van der Waals surface area contributed by atoms with Crippen molar-refractivity contribution in [3.05, 3.63) is 46.3 Å². The molecule has 0 saturated heterocycles. The number of rotatable bonds is 9. The molecular formula is C25H31F3N4O3. The van der Waals surface area contributed by atoms with Crippen molar-refractivity contribution in [2.24, 2.45) is 5.92 Å². The average molecular weight is 493 g/mol. The van der Waals surface area contributed by atoms with Gasteiger partial charge in [-0.15, -0.1) is 0 Å². The van der Waals surface area contributed by atoms with E-state index < -0.39 is 24.4 Å². The third-order valence-electron chi connectivity index (χ3n) is 7.38. The highest BCUT2D eigenvalue weighted by atomic mass is 19.4. The molecule has 3 aliphatic rings. The number of aryl methyl sites for hydroxylation is 2. The Bertz CT molecular complexity index is 1110. The third kappa shape index (κ3) is 4.91. The number of alkyl halides is 3. The molecule has 190 valence electrons. The van der Waals surface area contributed by atoms with Gasteiger partial charge < -0.3 is 15.2 Å². The van der Waals surface area contributed by atoms with Crippen molar-refractivity contribution in [1.29, 1.82) is 0 Å². The van der Waals surface area contributed by atoms with Crippen LogP contribution in [0.15, 0.2) is 18.2 Å². The average Bonchev–Trinajstić information content (AvgIpc) is 3.48. The lowest BCUT2D eigenvalue weighted by atomic mass is 9.82. The van der Waals surface area contributed by atoms with Gasteiger partial charge in [-0.05, 0) is 61.9 Å². The molecule has 2 aliphatic carbocycles. The summed E-state index contributed by atoms with van der Waals surface area (Å²) in [5.41, 5.74) is 3.07. The second kappa shape index (κ2) is 9.13. The molecule has 0 bridgehead atoms. The van der Waals surface area contributed by atoms with Gasteiger partial charge in [0.1, 0.15) is 12.0 Å². The zero-order chi connectivity index (χ0) is 24.8. The maximum absolute atomic E-state index is 13.4. The van der Waals surface area contributed by atoms with E-state index in [9.17, 15) is 23.1 Å². The number of hydrogen-bond acceptors (Lipinski definition) is 5. The van der Waals surface area contributed by atoms with Gasteiger partial charge in [-0.3, -0.25) is 14.8 Å². The van der Waals surface area contributed by atoms with Gasteiger partial charge in [-0.2, -0.15) is 18.3 Å². The standard InChI is InChI=1S/C25H31F3N4O3/c1-29-23(34)21-20-19(31-32(21)11-8-15-3-4-15)14-24(30-22(20)33)10-7-16-13-17(5-6-18(16)24)35-12-2-9-25(26,27)28/h5-6,13,15,23,29,34H,2-4,7-12,14H2,1H3,(H,30,33)/t23?,24-/m0/s1. The normalized spacial score (nSPS) is 22.1. The number of halogens is 3. The lowest BCUT2D eigenvalue weighted by Gasteiger charge is -2.35. The van der Waals surface area contributed by atoms with Gasteiger partial charge in [0.25, 0.3) is 5.91 Å². The van der Waals surface area contributed by atoms with Crippen molar-refractivity contribution in [2.75, 3.05) is 13.7 Å². The number of aliphatic hydroxyl groups is 1. The fraction of sp³-hybridized carbons (Fsp3) is 0.600. The predicted octanol–water partition coefficient (Wildman–Crippen LogP) is 3.74. The first-order chi connectivity index (χ1) is 16.7. The van der Waals surface area contributed by atoms with Crippen LogP contribution in [-0.2, 0) is 24.9 Å². The summed E-state index contributed by atoms with van der Waals surface area (Å²) in [4.78, 5) is 13.4. The summed E-state index contributed by atoms with van der Waals surface area (Å²) in [5.74, 6) is 0.991. The number of aliphatic hydroxyl groups excluding tert-OH is 1. The molecule has 1 aromatic carbocycles. The van der Waals surface area contributed by atoms with Gasteiger partial charge in [0.05, 0.1) is 29.1 Å². The molecule has 2 atom stereocenters. The van der Waals surface area contributed by atoms with Crippen LogP contribution < -0.4 is 15.4 Å². The summed E-state index contributed by atoms with van der Waals surface area (Å²) < 4.78 is 44.4. The molecule has 1 fully saturated rings. The lowest BCUT2D eigenvalue weighted by molar-refractivity contribution is -0.136. The first-order valence-corrected chi connectivity index (χ1v) is 12.3. The number of aromatic nitrogens is 2. The summed E-state index contributed by atoms with van der Waals surface area (Å²) >= 11 is 0. The van der Waals surface area contributed by atoms with Crippen LogP contribution in [-0.4, -0.2) is 40.6 Å². The summed E-state index contributed by atoms with van der Waals surface area (Å²) in [6.07, 6.45) is -0.766. The largest absolute Gasteiger partial charge is 0.494 e. The van der Waals surface area contributed by atoms with E-state index in [-0.39, 0.29) is 18.9 Å².